The van der Waals surface area contributed by atoms with E-state index in [-0.39, 0.29) is 0 Å². The van der Waals surface area contributed by atoms with Crippen molar-refractivity contribution in [3.8, 4) is 0 Å². The van der Waals surface area contributed by atoms with E-state index in [9.17, 15) is 0 Å². The second-order valence-corrected chi connectivity index (χ2v) is 6.54. The SMILES string of the molecule is CC1CCCC(N2CCc3cccc(N)c3C2)C1C. The lowest BCUT2D eigenvalue weighted by atomic mass is 9.76. The maximum atomic E-state index is 6.17. The van der Waals surface area contributed by atoms with Crippen molar-refractivity contribution in [3.63, 3.8) is 0 Å². The zero-order valence-electron chi connectivity index (χ0n) is 12.2. The largest absolute Gasteiger partial charge is 0.398 e. The molecular formula is C17H26N2. The first-order valence-corrected chi connectivity index (χ1v) is 7.77. The Bertz CT molecular complexity index is 455. The van der Waals surface area contributed by atoms with Crippen LogP contribution in [-0.2, 0) is 13.0 Å². The predicted molar refractivity (Wildman–Crippen MR) is 80.9 cm³/mol. The molecule has 0 saturated heterocycles. The van der Waals surface area contributed by atoms with Gasteiger partial charge >= 0.3 is 0 Å². The third kappa shape index (κ3) is 2.38. The molecule has 3 unspecified atom stereocenters. The van der Waals surface area contributed by atoms with E-state index in [2.05, 4.69) is 36.9 Å². The van der Waals surface area contributed by atoms with Crippen LogP contribution in [-0.4, -0.2) is 17.5 Å². The minimum absolute atomic E-state index is 0.761. The van der Waals surface area contributed by atoms with Crippen molar-refractivity contribution < 1.29 is 0 Å². The Labute approximate surface area is 117 Å². The van der Waals surface area contributed by atoms with Crippen molar-refractivity contribution in [2.24, 2.45) is 11.8 Å². The lowest BCUT2D eigenvalue weighted by Gasteiger charge is -2.43. The van der Waals surface area contributed by atoms with E-state index in [4.69, 9.17) is 5.73 Å². The first-order chi connectivity index (χ1) is 9.16. The second-order valence-electron chi connectivity index (χ2n) is 6.54. The Morgan fingerprint density at radius 1 is 1.21 bits per heavy atom. The van der Waals surface area contributed by atoms with Gasteiger partial charge in [0, 0.05) is 24.8 Å². The fourth-order valence-electron chi connectivity index (χ4n) is 3.98. The van der Waals surface area contributed by atoms with Gasteiger partial charge in [-0.3, -0.25) is 4.90 Å². The van der Waals surface area contributed by atoms with E-state index in [0.717, 1.165) is 36.5 Å². The van der Waals surface area contributed by atoms with Crippen molar-refractivity contribution in [1.82, 2.24) is 4.90 Å². The molecule has 3 atom stereocenters. The summed E-state index contributed by atoms with van der Waals surface area (Å²) in [6.45, 7) is 7.13. The number of anilines is 1. The highest BCUT2D eigenvalue weighted by Crippen LogP contribution is 2.35. The van der Waals surface area contributed by atoms with Crippen LogP contribution in [0.15, 0.2) is 18.2 Å². The second kappa shape index (κ2) is 5.16. The molecule has 0 radical (unpaired) electrons. The molecule has 1 aromatic rings. The fourth-order valence-corrected chi connectivity index (χ4v) is 3.98. The highest BCUT2D eigenvalue weighted by atomic mass is 15.2. The molecule has 1 saturated carbocycles. The van der Waals surface area contributed by atoms with E-state index in [1.54, 1.807) is 0 Å². The molecule has 0 amide bonds. The first-order valence-electron chi connectivity index (χ1n) is 7.77. The zero-order valence-corrected chi connectivity index (χ0v) is 12.2. The fraction of sp³-hybridized carbons (Fsp3) is 0.647. The van der Waals surface area contributed by atoms with Gasteiger partial charge in [0.05, 0.1) is 0 Å². The van der Waals surface area contributed by atoms with E-state index in [1.807, 2.05) is 0 Å². The predicted octanol–water partition coefficient (Wildman–Crippen LogP) is 3.45. The standard InChI is InChI=1S/C17H26N2/c1-12-5-3-8-17(13(12)2)19-10-9-14-6-4-7-16(18)15(14)11-19/h4,6-7,12-13,17H,3,5,8-11,18H2,1-2H3. The molecule has 0 aromatic heterocycles. The first kappa shape index (κ1) is 13.0. The van der Waals surface area contributed by atoms with Gasteiger partial charge in [-0.25, -0.2) is 0 Å². The van der Waals surface area contributed by atoms with Gasteiger partial charge in [-0.05, 0) is 41.9 Å². The molecule has 1 fully saturated rings. The summed E-state index contributed by atoms with van der Waals surface area (Å²) in [4.78, 5) is 2.69. The van der Waals surface area contributed by atoms with Gasteiger partial charge in [-0.15, -0.1) is 0 Å². The van der Waals surface area contributed by atoms with Crippen molar-refractivity contribution in [3.05, 3.63) is 29.3 Å². The average molecular weight is 258 g/mol. The van der Waals surface area contributed by atoms with Crippen molar-refractivity contribution in [2.75, 3.05) is 12.3 Å². The molecule has 3 rings (SSSR count). The molecule has 1 aromatic carbocycles. The van der Waals surface area contributed by atoms with Gasteiger partial charge in [-0.2, -0.15) is 0 Å². The third-order valence-corrected chi connectivity index (χ3v) is 5.47. The number of fused-ring (bicyclic) bond motifs is 1. The maximum absolute atomic E-state index is 6.17. The van der Waals surface area contributed by atoms with Crippen molar-refractivity contribution in [2.45, 2.75) is 52.1 Å². The molecule has 2 N–H and O–H groups in total. The summed E-state index contributed by atoms with van der Waals surface area (Å²) in [5.74, 6) is 1.69. The van der Waals surface area contributed by atoms with Gasteiger partial charge in [-0.1, -0.05) is 38.8 Å². The summed E-state index contributed by atoms with van der Waals surface area (Å²) >= 11 is 0. The Kier molecular flexibility index (Phi) is 3.53. The van der Waals surface area contributed by atoms with Crippen molar-refractivity contribution >= 4 is 5.69 Å². The molecule has 2 heteroatoms. The van der Waals surface area contributed by atoms with Crippen LogP contribution in [0.1, 0.15) is 44.2 Å². The minimum atomic E-state index is 0.761. The Hall–Kier alpha value is -1.02. The number of benzene rings is 1. The Morgan fingerprint density at radius 3 is 2.89 bits per heavy atom. The van der Waals surface area contributed by atoms with Crippen LogP contribution in [0.5, 0.6) is 0 Å². The van der Waals surface area contributed by atoms with Gasteiger partial charge in [0.15, 0.2) is 0 Å². The average Bonchev–Trinajstić information content (AvgIpc) is 2.42. The summed E-state index contributed by atoms with van der Waals surface area (Å²) in [6.07, 6.45) is 5.33. The molecular weight excluding hydrogens is 232 g/mol. The summed E-state index contributed by atoms with van der Waals surface area (Å²) in [7, 11) is 0. The summed E-state index contributed by atoms with van der Waals surface area (Å²) < 4.78 is 0. The summed E-state index contributed by atoms with van der Waals surface area (Å²) in [6, 6.07) is 7.15. The lowest BCUT2D eigenvalue weighted by molar-refractivity contribution is 0.0709. The number of nitrogens with two attached hydrogens (primary N) is 1. The monoisotopic (exact) mass is 258 g/mol. The number of rotatable bonds is 1. The van der Waals surface area contributed by atoms with Crippen molar-refractivity contribution in [1.29, 1.82) is 0 Å². The maximum Gasteiger partial charge on any atom is 0.0362 e. The molecule has 1 heterocycles. The quantitative estimate of drug-likeness (QED) is 0.782. The van der Waals surface area contributed by atoms with Gasteiger partial charge in [0.2, 0.25) is 0 Å². The highest BCUT2D eigenvalue weighted by molar-refractivity contribution is 5.51. The molecule has 1 aliphatic carbocycles. The van der Waals surface area contributed by atoms with Crippen LogP contribution in [0.4, 0.5) is 5.69 Å². The summed E-state index contributed by atoms with van der Waals surface area (Å²) in [5, 5.41) is 0. The van der Waals surface area contributed by atoms with Gasteiger partial charge in [0.25, 0.3) is 0 Å². The van der Waals surface area contributed by atoms with E-state index in [0.29, 0.717) is 0 Å². The molecule has 0 spiro atoms. The Morgan fingerprint density at radius 2 is 2.05 bits per heavy atom. The molecule has 2 aliphatic rings. The lowest BCUT2D eigenvalue weighted by Crippen LogP contribution is -2.46. The number of nitrogen functional groups attached to an aromatic ring is 1. The summed E-state index contributed by atoms with van der Waals surface area (Å²) in [5.41, 5.74) is 10.0. The topological polar surface area (TPSA) is 29.3 Å². The minimum Gasteiger partial charge on any atom is -0.398 e. The highest BCUT2D eigenvalue weighted by Gasteiger charge is 2.33. The van der Waals surface area contributed by atoms with Crippen LogP contribution in [0.25, 0.3) is 0 Å². The third-order valence-electron chi connectivity index (χ3n) is 5.47. The van der Waals surface area contributed by atoms with Crippen LogP contribution in [0, 0.1) is 11.8 Å². The van der Waals surface area contributed by atoms with E-state index >= 15 is 0 Å². The number of hydrogen-bond donors (Lipinski definition) is 1. The van der Waals surface area contributed by atoms with Gasteiger partial charge < -0.3 is 5.73 Å². The molecule has 104 valence electrons. The van der Waals surface area contributed by atoms with Gasteiger partial charge in [0.1, 0.15) is 0 Å². The molecule has 1 aliphatic heterocycles. The number of nitrogens with zero attached hydrogens (tertiary/aromatic N) is 1. The van der Waals surface area contributed by atoms with Crippen LogP contribution in [0.2, 0.25) is 0 Å². The van der Waals surface area contributed by atoms with Crippen LogP contribution < -0.4 is 5.73 Å². The Balaban J connectivity index is 1.80. The molecule has 2 nitrogen and oxygen atoms in total. The normalized spacial score (nSPS) is 32.0. The van der Waals surface area contributed by atoms with E-state index in [1.165, 1.54) is 36.9 Å². The van der Waals surface area contributed by atoms with E-state index < -0.39 is 0 Å². The smallest absolute Gasteiger partial charge is 0.0362 e. The molecule has 0 bridgehead atoms. The van der Waals surface area contributed by atoms with Crippen LogP contribution in [0.3, 0.4) is 0 Å². The zero-order chi connectivity index (χ0) is 13.4. The molecule has 19 heavy (non-hydrogen) atoms. The number of hydrogen-bond acceptors (Lipinski definition) is 2. The van der Waals surface area contributed by atoms with Crippen LogP contribution >= 0.6 is 0 Å².